The summed E-state index contributed by atoms with van der Waals surface area (Å²) in [6.45, 7) is 1.55. The Bertz CT molecular complexity index is 933. The Morgan fingerprint density at radius 2 is 1.96 bits per heavy atom. The summed E-state index contributed by atoms with van der Waals surface area (Å²) in [5.74, 6) is -0.206. The van der Waals surface area contributed by atoms with Crippen molar-refractivity contribution >= 4 is 33.8 Å². The molecule has 2 aromatic carbocycles. The molecule has 4 amide bonds. The predicted octanol–water partition coefficient (Wildman–Crippen LogP) is 2.54. The lowest BCUT2D eigenvalue weighted by Crippen LogP contribution is -2.43. The molecule has 2 aromatic rings. The van der Waals surface area contributed by atoms with Gasteiger partial charge in [0.2, 0.25) is 5.91 Å². The van der Waals surface area contributed by atoms with Crippen molar-refractivity contribution in [2.45, 2.75) is 19.0 Å². The number of methoxy groups -OCH3 is 1. The average molecular weight is 446 g/mol. The van der Waals surface area contributed by atoms with Gasteiger partial charge < -0.3 is 15.4 Å². The van der Waals surface area contributed by atoms with Crippen molar-refractivity contribution in [1.82, 2.24) is 15.5 Å². The van der Waals surface area contributed by atoms with Crippen molar-refractivity contribution in [3.05, 3.63) is 64.1 Å². The van der Waals surface area contributed by atoms with E-state index in [4.69, 9.17) is 4.74 Å². The van der Waals surface area contributed by atoms with E-state index in [9.17, 15) is 14.4 Å². The van der Waals surface area contributed by atoms with Crippen molar-refractivity contribution in [2.24, 2.45) is 0 Å². The monoisotopic (exact) mass is 445 g/mol. The third kappa shape index (κ3) is 4.01. The highest BCUT2D eigenvalue weighted by Gasteiger charge is 2.49. The van der Waals surface area contributed by atoms with Gasteiger partial charge in [0.15, 0.2) is 0 Å². The molecular weight excluding hydrogens is 426 g/mol. The first-order chi connectivity index (χ1) is 13.3. The summed E-state index contributed by atoms with van der Waals surface area (Å²) in [5, 5.41) is 5.41. The van der Waals surface area contributed by atoms with E-state index in [0.29, 0.717) is 11.3 Å². The summed E-state index contributed by atoms with van der Waals surface area (Å²) in [4.78, 5) is 38.4. The number of imide groups is 1. The highest BCUT2D eigenvalue weighted by molar-refractivity contribution is 9.10. The molecule has 8 heteroatoms. The van der Waals surface area contributed by atoms with Crippen molar-refractivity contribution in [2.75, 3.05) is 13.7 Å². The van der Waals surface area contributed by atoms with Crippen LogP contribution in [0.4, 0.5) is 4.79 Å². The van der Waals surface area contributed by atoms with E-state index in [2.05, 4.69) is 26.6 Å². The Morgan fingerprint density at radius 1 is 1.21 bits per heavy atom. The zero-order valence-electron chi connectivity index (χ0n) is 15.5. The van der Waals surface area contributed by atoms with Crippen molar-refractivity contribution in [3.63, 3.8) is 0 Å². The van der Waals surface area contributed by atoms with Gasteiger partial charge >= 0.3 is 6.03 Å². The number of rotatable bonds is 6. The lowest BCUT2D eigenvalue weighted by Gasteiger charge is -2.22. The van der Waals surface area contributed by atoms with E-state index in [-0.39, 0.29) is 13.1 Å². The van der Waals surface area contributed by atoms with Crippen molar-refractivity contribution < 1.29 is 19.1 Å². The quantitative estimate of drug-likeness (QED) is 0.668. The SMILES string of the molecule is COc1cccc(CNC(=O)CN2C(=O)NC(C)(c3cccc(Br)c3)C2=O)c1. The number of hydrogen-bond acceptors (Lipinski definition) is 4. The number of urea groups is 1. The number of ether oxygens (including phenoxy) is 1. The van der Waals surface area contributed by atoms with E-state index >= 15 is 0 Å². The van der Waals surface area contributed by atoms with Gasteiger partial charge in [-0.1, -0.05) is 40.2 Å². The highest BCUT2D eigenvalue weighted by Crippen LogP contribution is 2.30. The second kappa shape index (κ2) is 8.02. The maximum atomic E-state index is 12.9. The standard InChI is InChI=1S/C20H20BrN3O4/c1-20(14-6-4-7-15(21)10-14)18(26)24(19(27)23-20)12-17(25)22-11-13-5-3-8-16(9-13)28-2/h3-10H,11-12H2,1-2H3,(H,22,25)(H,23,27). The van der Waals surface area contributed by atoms with Crippen molar-refractivity contribution in [1.29, 1.82) is 0 Å². The predicted molar refractivity (Wildman–Crippen MR) is 107 cm³/mol. The van der Waals surface area contributed by atoms with Crippen LogP contribution >= 0.6 is 15.9 Å². The number of nitrogens with one attached hydrogen (secondary N) is 2. The van der Waals surface area contributed by atoms with Crippen LogP contribution in [0.25, 0.3) is 0 Å². The lowest BCUT2D eigenvalue weighted by atomic mass is 9.92. The van der Waals surface area contributed by atoms with Gasteiger partial charge in [0, 0.05) is 11.0 Å². The number of carbonyl (C=O) groups is 3. The molecule has 0 aliphatic carbocycles. The average Bonchev–Trinajstić information content (AvgIpc) is 2.90. The topological polar surface area (TPSA) is 87.7 Å². The Balaban J connectivity index is 1.66. The summed E-state index contributed by atoms with van der Waals surface area (Å²) < 4.78 is 5.94. The van der Waals surface area contributed by atoms with E-state index in [0.717, 1.165) is 14.9 Å². The van der Waals surface area contributed by atoms with Crippen LogP contribution in [0.1, 0.15) is 18.1 Å². The molecule has 28 heavy (non-hydrogen) atoms. The van der Waals surface area contributed by atoms with Crippen LogP contribution in [0.15, 0.2) is 53.0 Å². The molecule has 0 aromatic heterocycles. The first-order valence-corrected chi connectivity index (χ1v) is 9.42. The summed E-state index contributed by atoms with van der Waals surface area (Å²) in [5.41, 5.74) is 0.275. The number of benzene rings is 2. The maximum absolute atomic E-state index is 12.9. The summed E-state index contributed by atoms with van der Waals surface area (Å²) >= 11 is 3.37. The van der Waals surface area contributed by atoms with Gasteiger partial charge in [-0.2, -0.15) is 0 Å². The molecule has 1 fully saturated rings. The number of halogens is 1. The molecule has 0 radical (unpaired) electrons. The fourth-order valence-corrected chi connectivity index (χ4v) is 3.42. The Morgan fingerprint density at radius 3 is 2.68 bits per heavy atom. The second-order valence-electron chi connectivity index (χ2n) is 6.59. The first kappa shape index (κ1) is 19.9. The van der Waals surface area contributed by atoms with E-state index in [1.54, 1.807) is 44.4 Å². The zero-order valence-corrected chi connectivity index (χ0v) is 17.1. The lowest BCUT2D eigenvalue weighted by molar-refractivity contribution is -0.134. The molecule has 0 saturated carbocycles. The fraction of sp³-hybridized carbons (Fsp3) is 0.250. The van der Waals surface area contributed by atoms with E-state index in [1.165, 1.54) is 0 Å². The van der Waals surface area contributed by atoms with Gasteiger partial charge in [0.25, 0.3) is 5.91 Å². The summed E-state index contributed by atoms with van der Waals surface area (Å²) in [7, 11) is 1.57. The van der Waals surface area contributed by atoms with Crippen LogP contribution in [0, 0.1) is 0 Å². The van der Waals surface area contributed by atoms with Crippen LogP contribution in [0.3, 0.4) is 0 Å². The minimum atomic E-state index is -1.21. The number of hydrogen-bond donors (Lipinski definition) is 2. The molecule has 1 atom stereocenters. The molecule has 1 unspecified atom stereocenters. The summed E-state index contributed by atoms with van der Waals surface area (Å²) in [6, 6.07) is 13.8. The van der Waals surface area contributed by atoms with E-state index in [1.807, 2.05) is 18.2 Å². The van der Waals surface area contributed by atoms with Gasteiger partial charge in [-0.25, -0.2) is 4.79 Å². The summed E-state index contributed by atoms with van der Waals surface area (Å²) in [6.07, 6.45) is 0. The van der Waals surface area contributed by atoms with Gasteiger partial charge in [0.1, 0.15) is 17.8 Å². The fourth-order valence-electron chi connectivity index (χ4n) is 3.02. The largest absolute Gasteiger partial charge is 0.497 e. The van der Waals surface area contributed by atoms with Gasteiger partial charge in [-0.15, -0.1) is 0 Å². The molecule has 1 heterocycles. The molecular formula is C20H20BrN3O4. The molecule has 1 saturated heterocycles. The zero-order chi connectivity index (χ0) is 20.3. The minimum absolute atomic E-state index is 0.266. The van der Waals surface area contributed by atoms with Crippen LogP contribution in [-0.4, -0.2) is 36.4 Å². The molecule has 146 valence electrons. The highest BCUT2D eigenvalue weighted by atomic mass is 79.9. The Kier molecular flexibility index (Phi) is 5.69. The van der Waals surface area contributed by atoms with Crippen LogP contribution < -0.4 is 15.4 Å². The molecule has 3 rings (SSSR count). The van der Waals surface area contributed by atoms with Crippen LogP contribution in [0.2, 0.25) is 0 Å². The van der Waals surface area contributed by atoms with Crippen LogP contribution in [-0.2, 0) is 21.7 Å². The molecule has 7 nitrogen and oxygen atoms in total. The van der Waals surface area contributed by atoms with Crippen LogP contribution in [0.5, 0.6) is 5.75 Å². The molecule has 1 aliphatic heterocycles. The third-order valence-electron chi connectivity index (χ3n) is 4.60. The third-order valence-corrected chi connectivity index (χ3v) is 5.10. The normalized spacial score (nSPS) is 18.8. The van der Waals surface area contributed by atoms with Gasteiger partial charge in [-0.05, 0) is 42.3 Å². The second-order valence-corrected chi connectivity index (χ2v) is 7.50. The first-order valence-electron chi connectivity index (χ1n) is 8.63. The van der Waals surface area contributed by atoms with E-state index < -0.39 is 23.4 Å². The minimum Gasteiger partial charge on any atom is -0.497 e. The molecule has 0 bridgehead atoms. The molecule has 0 spiro atoms. The number of amides is 4. The Labute approximate surface area is 171 Å². The Hall–Kier alpha value is -2.87. The molecule has 2 N–H and O–H groups in total. The molecule has 1 aliphatic rings. The number of carbonyl (C=O) groups excluding carboxylic acids is 3. The number of nitrogens with zero attached hydrogens (tertiary/aromatic N) is 1. The smallest absolute Gasteiger partial charge is 0.325 e. The van der Waals surface area contributed by atoms with Gasteiger partial charge in [0.05, 0.1) is 7.11 Å². The maximum Gasteiger partial charge on any atom is 0.325 e. The van der Waals surface area contributed by atoms with Gasteiger partial charge in [-0.3, -0.25) is 14.5 Å². The van der Waals surface area contributed by atoms with Crippen molar-refractivity contribution in [3.8, 4) is 5.75 Å².